The second-order valence-corrected chi connectivity index (χ2v) is 8.47. The van der Waals surface area contributed by atoms with E-state index in [1.165, 1.54) is 6.21 Å². The lowest BCUT2D eigenvalue weighted by atomic mass is 9.94. The highest BCUT2D eigenvalue weighted by Gasteiger charge is 2.30. The van der Waals surface area contributed by atoms with Crippen molar-refractivity contribution in [1.29, 1.82) is 0 Å². The Labute approximate surface area is 207 Å². The van der Waals surface area contributed by atoms with Crippen molar-refractivity contribution in [2.45, 2.75) is 13.8 Å². The number of hydrogen-bond acceptors (Lipinski definition) is 6. The lowest BCUT2D eigenvalue weighted by molar-refractivity contribution is -0.134. The topological polar surface area (TPSA) is 98.2 Å². The molecule has 2 aromatic carbocycles. The van der Waals surface area contributed by atoms with Crippen LogP contribution in [0.2, 0.25) is 0 Å². The lowest BCUT2D eigenvalue weighted by Crippen LogP contribution is -2.39. The first-order valence-corrected chi connectivity index (χ1v) is 11.3. The third-order valence-corrected chi connectivity index (χ3v) is 5.38. The number of benzene rings is 2. The predicted octanol–water partition coefficient (Wildman–Crippen LogP) is 4.23. The molecule has 2 N–H and O–H groups in total. The molecule has 0 aliphatic heterocycles. The molecule has 8 nitrogen and oxygen atoms in total. The molecule has 1 atom stereocenters. The van der Waals surface area contributed by atoms with E-state index in [0.717, 1.165) is 3.57 Å². The molecule has 2 rings (SSSR count). The highest BCUT2D eigenvalue weighted by atomic mass is 127. The molecule has 0 spiro atoms. The number of rotatable bonds is 11. The summed E-state index contributed by atoms with van der Waals surface area (Å²) in [7, 11) is 3.11. The molecule has 176 valence electrons. The minimum Gasteiger partial charge on any atom is -0.497 e. The third kappa shape index (κ3) is 7.48. The number of anilines is 1. The summed E-state index contributed by atoms with van der Waals surface area (Å²) in [5, 5.41) is 6.79. The first-order chi connectivity index (χ1) is 15.8. The Morgan fingerprint density at radius 1 is 1.12 bits per heavy atom. The van der Waals surface area contributed by atoms with Crippen molar-refractivity contribution in [3.05, 3.63) is 58.2 Å². The van der Waals surface area contributed by atoms with Crippen LogP contribution < -0.4 is 25.0 Å². The average molecular weight is 565 g/mol. The molecule has 9 heteroatoms. The number of hydrazone groups is 1. The van der Waals surface area contributed by atoms with Crippen LogP contribution >= 0.6 is 22.6 Å². The first kappa shape index (κ1) is 26.2. The second-order valence-electron chi connectivity index (χ2n) is 7.31. The number of hydrogen-bond donors (Lipinski definition) is 2. The number of carbonyl (C=O) groups excluding carboxylic acids is 2. The Morgan fingerprint density at radius 3 is 2.39 bits per heavy atom. The average Bonchev–Trinajstić information content (AvgIpc) is 2.78. The fraction of sp³-hybridized carbons (Fsp3) is 0.292. The molecule has 0 aromatic heterocycles. The number of nitrogens with one attached hydrogen (secondary N) is 2. The molecule has 1 unspecified atom stereocenters. The van der Waals surface area contributed by atoms with Gasteiger partial charge >= 0.3 is 0 Å². The van der Waals surface area contributed by atoms with Gasteiger partial charge in [0.25, 0.3) is 5.91 Å². The maximum absolute atomic E-state index is 12.7. The quantitative estimate of drug-likeness (QED) is 0.140. The summed E-state index contributed by atoms with van der Waals surface area (Å²) in [5.41, 5.74) is 3.74. The Hall–Kier alpha value is -3.08. The molecule has 0 heterocycles. The van der Waals surface area contributed by atoms with Gasteiger partial charge in [-0.1, -0.05) is 26.5 Å². The van der Waals surface area contributed by atoms with Crippen LogP contribution in [0.1, 0.15) is 19.4 Å². The molecule has 0 saturated carbocycles. The minimum absolute atomic E-state index is 0.235. The van der Waals surface area contributed by atoms with Crippen LogP contribution in [0.5, 0.6) is 17.2 Å². The smallest absolute Gasteiger partial charge is 0.252 e. The summed E-state index contributed by atoms with van der Waals surface area (Å²) in [5.74, 6) is -0.256. The molecule has 0 aliphatic rings. The van der Waals surface area contributed by atoms with Crippen LogP contribution in [-0.4, -0.2) is 38.9 Å². The fourth-order valence-corrected chi connectivity index (χ4v) is 3.74. The zero-order valence-corrected chi connectivity index (χ0v) is 21.2. The summed E-state index contributed by atoms with van der Waals surface area (Å²) < 4.78 is 17.0. The van der Waals surface area contributed by atoms with E-state index in [1.54, 1.807) is 64.5 Å². The van der Waals surface area contributed by atoms with Crippen molar-refractivity contribution in [2.75, 3.05) is 26.1 Å². The molecule has 0 fully saturated rings. The maximum Gasteiger partial charge on any atom is 0.252 e. The molecule has 0 bridgehead atoms. The minimum atomic E-state index is -0.923. The van der Waals surface area contributed by atoms with E-state index >= 15 is 0 Å². The summed E-state index contributed by atoms with van der Waals surface area (Å²) in [6.45, 7) is 7.60. The van der Waals surface area contributed by atoms with Gasteiger partial charge in [0.1, 0.15) is 18.3 Å². The maximum atomic E-state index is 12.7. The van der Waals surface area contributed by atoms with Crippen LogP contribution in [0.15, 0.2) is 54.2 Å². The number of carbonyl (C=O) groups is 2. The molecule has 2 aromatic rings. The third-order valence-electron chi connectivity index (χ3n) is 4.57. The van der Waals surface area contributed by atoms with Gasteiger partial charge in [0.15, 0.2) is 11.5 Å². The highest BCUT2D eigenvalue weighted by molar-refractivity contribution is 14.1. The summed E-state index contributed by atoms with van der Waals surface area (Å²) in [6, 6.07) is 10.5. The zero-order valence-electron chi connectivity index (χ0n) is 19.1. The van der Waals surface area contributed by atoms with Crippen LogP contribution in [0, 0.1) is 15.4 Å². The van der Waals surface area contributed by atoms with Crippen molar-refractivity contribution >= 4 is 46.3 Å². The monoisotopic (exact) mass is 565 g/mol. The molecule has 0 saturated heterocycles. The van der Waals surface area contributed by atoms with E-state index < -0.39 is 17.7 Å². The van der Waals surface area contributed by atoms with Crippen molar-refractivity contribution in [3.8, 4) is 17.2 Å². The van der Waals surface area contributed by atoms with Crippen LogP contribution in [0.4, 0.5) is 5.69 Å². The number of ether oxygens (including phenoxy) is 3. The molecular formula is C24H28IN3O5. The van der Waals surface area contributed by atoms with Crippen molar-refractivity contribution in [2.24, 2.45) is 16.9 Å². The standard InChI is InChI=1S/C24H28IN3O5/c1-6-11-33-22-19(25)12-16(13-20(22)32-5)14-26-28-24(30)21(15(2)3)23(29)27-17-7-9-18(31-4)10-8-17/h6-10,12-15,21H,1,11H2,2-5H3,(H,27,29)(H,28,30). The number of nitrogens with zero attached hydrogens (tertiary/aromatic N) is 1. The van der Waals surface area contributed by atoms with Crippen LogP contribution in [-0.2, 0) is 9.59 Å². The van der Waals surface area contributed by atoms with Crippen molar-refractivity contribution in [3.63, 3.8) is 0 Å². The SMILES string of the molecule is C=CCOc1c(I)cc(C=NNC(=O)C(C(=O)Nc2ccc(OC)cc2)C(C)C)cc1OC. The lowest BCUT2D eigenvalue weighted by Gasteiger charge is -2.18. The van der Waals surface area contributed by atoms with Crippen LogP contribution in [0.25, 0.3) is 0 Å². The molecule has 0 aliphatic carbocycles. The normalized spacial score (nSPS) is 11.7. The van der Waals surface area contributed by atoms with Crippen molar-refractivity contribution < 1.29 is 23.8 Å². The fourth-order valence-electron chi connectivity index (χ4n) is 2.96. The van der Waals surface area contributed by atoms with Gasteiger partial charge < -0.3 is 19.5 Å². The molecule has 33 heavy (non-hydrogen) atoms. The molecule has 0 radical (unpaired) electrons. The summed E-state index contributed by atoms with van der Waals surface area (Å²) >= 11 is 2.13. The second kappa shape index (κ2) is 12.8. The summed E-state index contributed by atoms with van der Waals surface area (Å²) in [6.07, 6.45) is 3.13. The van der Waals surface area contributed by atoms with E-state index in [0.29, 0.717) is 35.1 Å². The number of methoxy groups -OCH3 is 2. The van der Waals surface area contributed by atoms with E-state index in [2.05, 4.69) is 45.0 Å². The predicted molar refractivity (Wildman–Crippen MR) is 137 cm³/mol. The molecule has 2 amide bonds. The van der Waals surface area contributed by atoms with Gasteiger partial charge in [-0.2, -0.15) is 5.10 Å². The summed E-state index contributed by atoms with van der Waals surface area (Å²) in [4.78, 5) is 25.4. The van der Waals surface area contributed by atoms with Gasteiger partial charge in [-0.25, -0.2) is 5.43 Å². The van der Waals surface area contributed by atoms with Gasteiger partial charge in [-0.15, -0.1) is 0 Å². The number of halogens is 1. The van der Waals surface area contributed by atoms with Crippen LogP contribution in [0.3, 0.4) is 0 Å². The Balaban J connectivity index is 2.08. The largest absolute Gasteiger partial charge is 0.497 e. The first-order valence-electron chi connectivity index (χ1n) is 10.2. The van der Waals surface area contributed by atoms with Gasteiger partial charge in [0.2, 0.25) is 5.91 Å². The van der Waals surface area contributed by atoms with E-state index in [4.69, 9.17) is 14.2 Å². The van der Waals surface area contributed by atoms with Gasteiger partial charge in [0.05, 0.1) is 24.0 Å². The van der Waals surface area contributed by atoms with Crippen molar-refractivity contribution in [1.82, 2.24) is 5.43 Å². The van der Waals surface area contributed by atoms with Gasteiger partial charge in [-0.3, -0.25) is 9.59 Å². The van der Waals surface area contributed by atoms with Gasteiger partial charge in [-0.05, 0) is 70.5 Å². The Bertz CT molecular complexity index is 1010. The highest BCUT2D eigenvalue weighted by Crippen LogP contribution is 2.33. The van der Waals surface area contributed by atoms with E-state index in [1.807, 2.05) is 6.07 Å². The van der Waals surface area contributed by atoms with E-state index in [9.17, 15) is 9.59 Å². The van der Waals surface area contributed by atoms with Gasteiger partial charge in [0, 0.05) is 5.69 Å². The number of amides is 2. The Morgan fingerprint density at radius 2 is 1.82 bits per heavy atom. The van der Waals surface area contributed by atoms with E-state index in [-0.39, 0.29) is 5.92 Å². The molecular weight excluding hydrogens is 537 g/mol. The Kier molecular flexibility index (Phi) is 10.2. The zero-order chi connectivity index (χ0) is 24.4.